The molecule has 0 spiro atoms. The maximum Gasteiger partial charge on any atom is 0.268 e. The average Bonchev–Trinajstić information content (AvgIpc) is 3.07. The van der Waals surface area contributed by atoms with Gasteiger partial charge in [0.15, 0.2) is 0 Å². The monoisotopic (exact) mass is 411 g/mol. The predicted octanol–water partition coefficient (Wildman–Crippen LogP) is 4.20. The molecule has 152 valence electrons. The van der Waals surface area contributed by atoms with Crippen LogP contribution in [0.2, 0.25) is 5.02 Å². The first-order valence-electron chi connectivity index (χ1n) is 9.53. The molecule has 0 aliphatic heterocycles. The zero-order valence-electron chi connectivity index (χ0n) is 16.8. The van der Waals surface area contributed by atoms with Crippen molar-refractivity contribution in [2.24, 2.45) is 0 Å². The van der Waals surface area contributed by atoms with Crippen LogP contribution < -0.4 is 10.1 Å². The zero-order valence-corrected chi connectivity index (χ0v) is 17.6. The summed E-state index contributed by atoms with van der Waals surface area (Å²) in [6, 6.07) is 15.4. The fourth-order valence-electron chi connectivity index (χ4n) is 3.17. The van der Waals surface area contributed by atoms with E-state index in [1.807, 2.05) is 72.1 Å². The molecule has 3 rings (SSSR count). The molecule has 0 bridgehead atoms. The van der Waals surface area contributed by atoms with Crippen LogP contribution in [0.25, 0.3) is 10.9 Å². The van der Waals surface area contributed by atoms with Gasteiger partial charge in [-0.25, -0.2) is 0 Å². The lowest BCUT2D eigenvalue weighted by atomic mass is 10.2. The maximum atomic E-state index is 13.0. The molecule has 2 aromatic carbocycles. The SMILES string of the molecule is C=CCOc1cccc2c1cc(C(=O)NCCN(C)C)n2Cc1ccccc1Cl. The fourth-order valence-corrected chi connectivity index (χ4v) is 3.37. The van der Waals surface area contributed by atoms with Crippen molar-refractivity contribution in [3.63, 3.8) is 0 Å². The molecule has 1 aromatic heterocycles. The summed E-state index contributed by atoms with van der Waals surface area (Å²) in [5.74, 6) is 0.604. The lowest BCUT2D eigenvalue weighted by molar-refractivity contribution is 0.0942. The van der Waals surface area contributed by atoms with Crippen molar-refractivity contribution in [2.75, 3.05) is 33.8 Å². The summed E-state index contributed by atoms with van der Waals surface area (Å²) < 4.78 is 7.80. The number of halogens is 1. The third kappa shape index (κ3) is 5.00. The van der Waals surface area contributed by atoms with Gasteiger partial charge in [0, 0.05) is 30.0 Å². The Balaban J connectivity index is 2.03. The molecular weight excluding hydrogens is 386 g/mol. The number of benzene rings is 2. The Kier molecular flexibility index (Phi) is 6.96. The van der Waals surface area contributed by atoms with E-state index in [1.54, 1.807) is 6.08 Å². The molecule has 0 saturated carbocycles. The number of nitrogens with zero attached hydrogens (tertiary/aromatic N) is 2. The van der Waals surface area contributed by atoms with Crippen molar-refractivity contribution in [1.29, 1.82) is 0 Å². The molecule has 0 aliphatic carbocycles. The smallest absolute Gasteiger partial charge is 0.268 e. The molecule has 1 N–H and O–H groups in total. The zero-order chi connectivity index (χ0) is 20.8. The van der Waals surface area contributed by atoms with Gasteiger partial charge in [0.25, 0.3) is 5.91 Å². The Morgan fingerprint density at radius 2 is 2.03 bits per heavy atom. The highest BCUT2D eigenvalue weighted by Crippen LogP contribution is 2.30. The number of fused-ring (bicyclic) bond motifs is 1. The summed E-state index contributed by atoms with van der Waals surface area (Å²) in [5.41, 5.74) is 2.45. The number of aromatic nitrogens is 1. The summed E-state index contributed by atoms with van der Waals surface area (Å²) in [5, 5.41) is 4.56. The first kappa shape index (κ1) is 21.0. The van der Waals surface area contributed by atoms with Gasteiger partial charge in [0.1, 0.15) is 18.1 Å². The Morgan fingerprint density at radius 3 is 2.76 bits per heavy atom. The van der Waals surface area contributed by atoms with Crippen LogP contribution in [0.3, 0.4) is 0 Å². The van der Waals surface area contributed by atoms with Crippen LogP contribution in [0.4, 0.5) is 0 Å². The van der Waals surface area contributed by atoms with Crippen molar-refractivity contribution in [1.82, 2.24) is 14.8 Å². The first-order chi connectivity index (χ1) is 14.0. The van der Waals surface area contributed by atoms with E-state index in [0.717, 1.165) is 28.8 Å². The van der Waals surface area contributed by atoms with Gasteiger partial charge in [-0.1, -0.05) is 48.5 Å². The van der Waals surface area contributed by atoms with E-state index in [2.05, 4.69) is 11.9 Å². The van der Waals surface area contributed by atoms with E-state index in [9.17, 15) is 4.79 Å². The van der Waals surface area contributed by atoms with Crippen molar-refractivity contribution in [3.8, 4) is 5.75 Å². The molecule has 5 nitrogen and oxygen atoms in total. The largest absolute Gasteiger partial charge is 0.489 e. The second kappa shape index (κ2) is 9.63. The minimum Gasteiger partial charge on any atom is -0.489 e. The molecule has 6 heteroatoms. The van der Waals surface area contributed by atoms with E-state index in [-0.39, 0.29) is 5.91 Å². The number of rotatable bonds is 9. The van der Waals surface area contributed by atoms with Gasteiger partial charge >= 0.3 is 0 Å². The van der Waals surface area contributed by atoms with Crippen LogP contribution in [0.15, 0.2) is 61.2 Å². The van der Waals surface area contributed by atoms with E-state index in [1.165, 1.54) is 0 Å². The minimum atomic E-state index is -0.121. The number of amides is 1. The lowest BCUT2D eigenvalue weighted by Crippen LogP contribution is -2.32. The van der Waals surface area contributed by atoms with E-state index in [0.29, 0.717) is 30.4 Å². The van der Waals surface area contributed by atoms with Gasteiger partial charge < -0.3 is 19.5 Å². The molecule has 1 amide bonds. The number of ether oxygens (including phenoxy) is 1. The highest BCUT2D eigenvalue weighted by Gasteiger charge is 2.18. The van der Waals surface area contributed by atoms with Crippen LogP contribution in [0.1, 0.15) is 16.1 Å². The van der Waals surface area contributed by atoms with Gasteiger partial charge in [-0.2, -0.15) is 0 Å². The van der Waals surface area contributed by atoms with Gasteiger partial charge in [0.05, 0.1) is 5.52 Å². The average molecular weight is 412 g/mol. The van der Waals surface area contributed by atoms with Crippen molar-refractivity contribution < 1.29 is 9.53 Å². The van der Waals surface area contributed by atoms with E-state index >= 15 is 0 Å². The molecular formula is C23H26ClN3O2. The highest BCUT2D eigenvalue weighted by molar-refractivity contribution is 6.31. The molecule has 0 aliphatic rings. The molecule has 0 saturated heterocycles. The van der Waals surface area contributed by atoms with Gasteiger partial charge in [-0.05, 0) is 43.9 Å². The highest BCUT2D eigenvalue weighted by atomic mass is 35.5. The molecule has 0 radical (unpaired) electrons. The third-order valence-electron chi connectivity index (χ3n) is 4.63. The Bertz CT molecular complexity index is 1010. The molecule has 0 fully saturated rings. The number of hydrogen-bond acceptors (Lipinski definition) is 3. The third-order valence-corrected chi connectivity index (χ3v) is 4.99. The predicted molar refractivity (Wildman–Crippen MR) is 119 cm³/mol. The van der Waals surface area contributed by atoms with Crippen LogP contribution in [-0.2, 0) is 6.54 Å². The minimum absolute atomic E-state index is 0.121. The summed E-state index contributed by atoms with van der Waals surface area (Å²) in [7, 11) is 3.95. The van der Waals surface area contributed by atoms with Crippen molar-refractivity contribution in [2.45, 2.75) is 6.54 Å². The summed E-state index contributed by atoms with van der Waals surface area (Å²) >= 11 is 6.39. The molecule has 0 atom stereocenters. The second-order valence-corrected chi connectivity index (χ2v) is 7.46. The fraction of sp³-hybridized carbons (Fsp3) is 0.261. The normalized spacial score (nSPS) is 11.0. The Labute approximate surface area is 176 Å². The number of carbonyl (C=O) groups is 1. The summed E-state index contributed by atoms with van der Waals surface area (Å²) in [6.07, 6.45) is 1.70. The van der Waals surface area contributed by atoms with E-state index < -0.39 is 0 Å². The second-order valence-electron chi connectivity index (χ2n) is 7.05. The summed E-state index contributed by atoms with van der Waals surface area (Å²) in [6.45, 7) is 5.94. The number of carbonyl (C=O) groups excluding carboxylic acids is 1. The molecule has 29 heavy (non-hydrogen) atoms. The van der Waals surface area contributed by atoms with Gasteiger partial charge in [0.2, 0.25) is 0 Å². The molecule has 0 unspecified atom stereocenters. The first-order valence-corrected chi connectivity index (χ1v) is 9.91. The van der Waals surface area contributed by atoms with Crippen LogP contribution in [0.5, 0.6) is 5.75 Å². The maximum absolute atomic E-state index is 13.0. The summed E-state index contributed by atoms with van der Waals surface area (Å²) in [4.78, 5) is 15.0. The number of likely N-dealkylation sites (N-methyl/N-ethyl adjacent to an activating group) is 1. The standard InChI is InChI=1S/C23H26ClN3O2/c1-4-14-29-22-11-7-10-20-18(22)15-21(23(28)25-12-13-26(2)3)27(20)16-17-8-5-6-9-19(17)24/h4-11,15H,1,12-14,16H2,2-3H3,(H,25,28). The Hall–Kier alpha value is -2.76. The number of nitrogens with one attached hydrogen (secondary N) is 1. The van der Waals surface area contributed by atoms with Gasteiger partial charge in [-0.3, -0.25) is 4.79 Å². The van der Waals surface area contributed by atoms with Gasteiger partial charge in [-0.15, -0.1) is 0 Å². The van der Waals surface area contributed by atoms with Crippen LogP contribution in [-0.4, -0.2) is 49.2 Å². The molecule has 1 heterocycles. The van der Waals surface area contributed by atoms with Crippen molar-refractivity contribution >= 4 is 28.4 Å². The Morgan fingerprint density at radius 1 is 1.24 bits per heavy atom. The lowest BCUT2D eigenvalue weighted by Gasteiger charge is -2.14. The van der Waals surface area contributed by atoms with Crippen LogP contribution >= 0.6 is 11.6 Å². The molecule has 3 aromatic rings. The quantitative estimate of drug-likeness (QED) is 0.537. The topological polar surface area (TPSA) is 46.5 Å². The number of hydrogen-bond donors (Lipinski definition) is 1. The van der Waals surface area contributed by atoms with Crippen LogP contribution in [0, 0.1) is 0 Å². The van der Waals surface area contributed by atoms with Crippen molar-refractivity contribution in [3.05, 3.63) is 77.5 Å². The van der Waals surface area contributed by atoms with E-state index in [4.69, 9.17) is 16.3 Å².